The van der Waals surface area contributed by atoms with Crippen molar-refractivity contribution in [2.45, 2.75) is 33.1 Å². The summed E-state index contributed by atoms with van der Waals surface area (Å²) >= 11 is 0. The van der Waals surface area contributed by atoms with Crippen molar-refractivity contribution >= 4 is 22.7 Å². The number of carbonyl (C=O) groups is 2. The molecule has 2 aromatic rings. The van der Waals surface area contributed by atoms with Crippen LogP contribution in [-0.4, -0.2) is 53.3 Å². The minimum Gasteiger partial charge on any atom is -0.358 e. The first kappa shape index (κ1) is 16.2. The van der Waals surface area contributed by atoms with Gasteiger partial charge in [0.2, 0.25) is 5.91 Å². The number of aromatic amines is 1. The summed E-state index contributed by atoms with van der Waals surface area (Å²) in [4.78, 5) is 32.7. The van der Waals surface area contributed by atoms with Crippen LogP contribution in [0.5, 0.6) is 0 Å². The van der Waals surface area contributed by atoms with Gasteiger partial charge in [-0.3, -0.25) is 9.59 Å². The van der Waals surface area contributed by atoms with Gasteiger partial charge in [-0.15, -0.1) is 0 Å². The summed E-state index contributed by atoms with van der Waals surface area (Å²) in [5.74, 6) is 0.250. The van der Waals surface area contributed by atoms with E-state index in [0.717, 1.165) is 42.4 Å². The first-order valence-electron chi connectivity index (χ1n) is 9.05. The van der Waals surface area contributed by atoms with E-state index in [0.29, 0.717) is 18.7 Å². The highest BCUT2D eigenvalue weighted by molar-refractivity contribution is 5.99. The van der Waals surface area contributed by atoms with Crippen LogP contribution in [0.25, 0.3) is 10.9 Å². The van der Waals surface area contributed by atoms with E-state index in [1.165, 1.54) is 5.56 Å². The highest BCUT2D eigenvalue weighted by atomic mass is 16.2. The molecular weight excluding hydrogens is 314 g/mol. The Morgan fingerprint density at radius 2 is 2.00 bits per heavy atom. The van der Waals surface area contributed by atoms with Crippen LogP contribution in [0.3, 0.4) is 0 Å². The number of hydrogen-bond donors (Lipinski definition) is 1. The largest absolute Gasteiger partial charge is 0.358 e. The Hall–Kier alpha value is -2.30. The van der Waals surface area contributed by atoms with Crippen molar-refractivity contribution in [1.82, 2.24) is 14.8 Å². The van der Waals surface area contributed by atoms with Crippen LogP contribution in [0.2, 0.25) is 0 Å². The molecule has 0 aliphatic carbocycles. The highest BCUT2D eigenvalue weighted by Crippen LogP contribution is 2.40. The number of likely N-dealkylation sites (tertiary alicyclic amines) is 2. The zero-order valence-corrected chi connectivity index (χ0v) is 15.2. The van der Waals surface area contributed by atoms with Gasteiger partial charge in [-0.05, 0) is 56.9 Å². The van der Waals surface area contributed by atoms with Crippen molar-refractivity contribution in [3.63, 3.8) is 0 Å². The Labute approximate surface area is 148 Å². The van der Waals surface area contributed by atoms with Gasteiger partial charge in [0, 0.05) is 48.8 Å². The Kier molecular flexibility index (Phi) is 3.63. The Balaban J connectivity index is 1.60. The number of aromatic nitrogens is 1. The van der Waals surface area contributed by atoms with E-state index in [-0.39, 0.29) is 17.2 Å². The van der Waals surface area contributed by atoms with Gasteiger partial charge >= 0.3 is 0 Å². The molecule has 2 saturated heterocycles. The highest BCUT2D eigenvalue weighted by Gasteiger charge is 2.48. The Morgan fingerprint density at radius 3 is 2.80 bits per heavy atom. The predicted molar refractivity (Wildman–Crippen MR) is 97.6 cm³/mol. The van der Waals surface area contributed by atoms with Gasteiger partial charge in [0.05, 0.1) is 5.41 Å². The molecule has 1 aromatic heterocycles. The van der Waals surface area contributed by atoms with E-state index in [9.17, 15) is 9.59 Å². The average Bonchev–Trinajstić information content (AvgIpc) is 3.15. The third-order valence-electron chi connectivity index (χ3n) is 6.15. The summed E-state index contributed by atoms with van der Waals surface area (Å²) in [6.45, 7) is 6.17. The van der Waals surface area contributed by atoms with E-state index in [4.69, 9.17) is 0 Å². The molecule has 2 aliphatic heterocycles. The van der Waals surface area contributed by atoms with Crippen molar-refractivity contribution in [2.75, 3.05) is 26.7 Å². The lowest BCUT2D eigenvalue weighted by Crippen LogP contribution is -2.48. The summed E-state index contributed by atoms with van der Waals surface area (Å²) in [5.41, 5.74) is 3.74. The minimum atomic E-state index is -0.354. The fraction of sp³-hybridized carbons (Fsp3) is 0.500. The number of fused-ring (bicyclic) bond motifs is 1. The molecule has 0 unspecified atom stereocenters. The molecule has 1 atom stereocenters. The number of rotatable bonds is 1. The molecule has 132 valence electrons. The molecule has 1 spiro atoms. The molecule has 5 heteroatoms. The van der Waals surface area contributed by atoms with Gasteiger partial charge in [-0.1, -0.05) is 0 Å². The molecule has 3 heterocycles. The van der Waals surface area contributed by atoms with Crippen molar-refractivity contribution < 1.29 is 9.59 Å². The fourth-order valence-corrected chi connectivity index (χ4v) is 4.47. The minimum absolute atomic E-state index is 0.0399. The van der Waals surface area contributed by atoms with E-state index >= 15 is 0 Å². The van der Waals surface area contributed by atoms with Gasteiger partial charge in [-0.2, -0.15) is 0 Å². The zero-order chi connectivity index (χ0) is 17.8. The summed E-state index contributed by atoms with van der Waals surface area (Å²) in [6, 6.07) is 5.85. The SMILES string of the molecule is Cc1[nH]c2ccc(C(=O)N3CC[C@@]4(CCCN(C)C4=O)C3)cc2c1C. The van der Waals surface area contributed by atoms with Crippen LogP contribution in [0.4, 0.5) is 0 Å². The topological polar surface area (TPSA) is 56.4 Å². The first-order chi connectivity index (χ1) is 11.9. The van der Waals surface area contributed by atoms with Crippen LogP contribution >= 0.6 is 0 Å². The van der Waals surface area contributed by atoms with E-state index in [2.05, 4.69) is 11.9 Å². The van der Waals surface area contributed by atoms with Crippen molar-refractivity contribution in [3.05, 3.63) is 35.0 Å². The Bertz CT molecular complexity index is 869. The molecule has 2 amide bonds. The van der Waals surface area contributed by atoms with Gasteiger partial charge in [-0.25, -0.2) is 0 Å². The molecule has 0 radical (unpaired) electrons. The maximum absolute atomic E-state index is 13.0. The second-order valence-corrected chi connectivity index (χ2v) is 7.72. The summed E-state index contributed by atoms with van der Waals surface area (Å²) in [6.07, 6.45) is 2.71. The average molecular weight is 339 g/mol. The number of nitrogens with zero attached hydrogens (tertiary/aromatic N) is 2. The van der Waals surface area contributed by atoms with Crippen LogP contribution in [0.15, 0.2) is 18.2 Å². The maximum Gasteiger partial charge on any atom is 0.253 e. The summed E-state index contributed by atoms with van der Waals surface area (Å²) < 4.78 is 0. The monoisotopic (exact) mass is 339 g/mol. The molecule has 1 N–H and O–H groups in total. The number of nitrogens with one attached hydrogen (secondary N) is 1. The number of hydrogen-bond acceptors (Lipinski definition) is 2. The van der Waals surface area contributed by atoms with Crippen molar-refractivity contribution in [2.24, 2.45) is 5.41 Å². The van der Waals surface area contributed by atoms with Gasteiger partial charge < -0.3 is 14.8 Å². The second-order valence-electron chi connectivity index (χ2n) is 7.72. The number of aryl methyl sites for hydroxylation is 2. The van der Waals surface area contributed by atoms with E-state index < -0.39 is 0 Å². The van der Waals surface area contributed by atoms with Gasteiger partial charge in [0.1, 0.15) is 0 Å². The number of piperidine rings is 1. The van der Waals surface area contributed by atoms with E-state index in [1.807, 2.05) is 42.0 Å². The molecule has 2 aliphatic rings. The molecule has 1 aromatic carbocycles. The van der Waals surface area contributed by atoms with Crippen molar-refractivity contribution in [1.29, 1.82) is 0 Å². The fourth-order valence-electron chi connectivity index (χ4n) is 4.47. The van der Waals surface area contributed by atoms with Crippen LogP contribution in [0, 0.1) is 19.3 Å². The summed E-state index contributed by atoms with van der Waals surface area (Å²) in [5, 5.41) is 1.10. The van der Waals surface area contributed by atoms with Gasteiger partial charge in [0.15, 0.2) is 0 Å². The lowest BCUT2D eigenvalue weighted by Gasteiger charge is -2.37. The molecular formula is C20H25N3O2. The van der Waals surface area contributed by atoms with Crippen LogP contribution in [0.1, 0.15) is 40.9 Å². The second kappa shape index (κ2) is 5.61. The van der Waals surface area contributed by atoms with Gasteiger partial charge in [0.25, 0.3) is 5.91 Å². The summed E-state index contributed by atoms with van der Waals surface area (Å²) in [7, 11) is 1.87. The predicted octanol–water partition coefficient (Wildman–Crippen LogP) is 2.87. The molecule has 0 bridgehead atoms. The smallest absolute Gasteiger partial charge is 0.253 e. The number of benzene rings is 1. The standard InChI is InChI=1S/C20H25N3O2/c1-13-14(2)21-17-6-5-15(11-16(13)17)18(24)23-10-8-20(12-23)7-4-9-22(3)19(20)25/h5-6,11,21H,4,7-10,12H2,1-3H3/t20-/m0/s1. The molecule has 0 saturated carbocycles. The Morgan fingerprint density at radius 1 is 1.20 bits per heavy atom. The molecule has 4 rings (SSSR count). The number of H-pyrrole nitrogens is 1. The molecule has 2 fully saturated rings. The van der Waals surface area contributed by atoms with Crippen LogP contribution < -0.4 is 0 Å². The zero-order valence-electron chi connectivity index (χ0n) is 15.2. The normalized spacial score (nSPS) is 23.9. The lowest BCUT2D eigenvalue weighted by atomic mass is 9.78. The van der Waals surface area contributed by atoms with Crippen LogP contribution in [-0.2, 0) is 4.79 Å². The third kappa shape index (κ3) is 2.44. The number of carbonyl (C=O) groups excluding carboxylic acids is 2. The molecule has 25 heavy (non-hydrogen) atoms. The van der Waals surface area contributed by atoms with Crippen molar-refractivity contribution in [3.8, 4) is 0 Å². The lowest BCUT2D eigenvalue weighted by molar-refractivity contribution is -0.143. The number of amides is 2. The molecule has 5 nitrogen and oxygen atoms in total. The van der Waals surface area contributed by atoms with E-state index in [1.54, 1.807) is 0 Å². The first-order valence-corrected chi connectivity index (χ1v) is 9.05. The quantitative estimate of drug-likeness (QED) is 0.868. The third-order valence-corrected chi connectivity index (χ3v) is 6.15. The maximum atomic E-state index is 13.0.